The van der Waals surface area contributed by atoms with Gasteiger partial charge in [0, 0.05) is 17.7 Å². The minimum atomic E-state index is -0.0113. The largest absolute Gasteiger partial charge is 0.496 e. The quantitative estimate of drug-likeness (QED) is 0.673. The summed E-state index contributed by atoms with van der Waals surface area (Å²) in [6.45, 7) is 0. The van der Waals surface area contributed by atoms with Crippen LogP contribution in [0.25, 0.3) is 6.08 Å². The van der Waals surface area contributed by atoms with Crippen molar-refractivity contribution < 1.29 is 9.53 Å². The second-order valence-corrected chi connectivity index (χ2v) is 5.27. The fourth-order valence-electron chi connectivity index (χ4n) is 2.64. The molecule has 0 heterocycles. The van der Waals surface area contributed by atoms with Crippen molar-refractivity contribution in [1.29, 1.82) is 0 Å². The molecule has 3 nitrogen and oxygen atoms in total. The zero-order valence-electron chi connectivity index (χ0n) is 12.1. The summed E-state index contributed by atoms with van der Waals surface area (Å²) in [5.74, 6) is 0.772. The average Bonchev–Trinajstić information content (AvgIpc) is 2.74. The molecule has 0 aromatic heterocycles. The highest BCUT2D eigenvalue weighted by molar-refractivity contribution is 5.92. The van der Waals surface area contributed by atoms with Gasteiger partial charge in [0.2, 0.25) is 5.91 Å². The average molecular weight is 273 g/mol. The van der Waals surface area contributed by atoms with Crippen LogP contribution >= 0.6 is 0 Å². The fraction of sp³-hybridized carbons (Fsp3) is 0.471. The highest BCUT2D eigenvalue weighted by atomic mass is 16.5. The molecule has 0 radical (unpaired) electrons. The van der Waals surface area contributed by atoms with Crippen molar-refractivity contribution in [2.75, 3.05) is 7.11 Å². The number of amides is 1. The van der Waals surface area contributed by atoms with Crippen LogP contribution in [0.4, 0.5) is 0 Å². The van der Waals surface area contributed by atoms with E-state index in [1.165, 1.54) is 25.7 Å². The van der Waals surface area contributed by atoms with Gasteiger partial charge in [-0.25, -0.2) is 0 Å². The topological polar surface area (TPSA) is 38.3 Å². The molecule has 0 aliphatic heterocycles. The van der Waals surface area contributed by atoms with E-state index in [1.807, 2.05) is 30.3 Å². The summed E-state index contributed by atoms with van der Waals surface area (Å²) in [6, 6.07) is 8.02. The summed E-state index contributed by atoms with van der Waals surface area (Å²) in [6.07, 6.45) is 10.7. The minimum Gasteiger partial charge on any atom is -0.496 e. The van der Waals surface area contributed by atoms with Crippen LogP contribution in [0.5, 0.6) is 5.75 Å². The molecule has 1 N–H and O–H groups in total. The maximum absolute atomic E-state index is 12.0. The van der Waals surface area contributed by atoms with Gasteiger partial charge in [-0.2, -0.15) is 0 Å². The second kappa shape index (κ2) is 7.73. The molecule has 2 rings (SSSR count). The van der Waals surface area contributed by atoms with Crippen LogP contribution in [0.1, 0.15) is 44.1 Å². The number of benzene rings is 1. The van der Waals surface area contributed by atoms with Crippen molar-refractivity contribution in [1.82, 2.24) is 5.32 Å². The molecule has 1 saturated carbocycles. The summed E-state index contributed by atoms with van der Waals surface area (Å²) < 4.78 is 5.26. The van der Waals surface area contributed by atoms with Gasteiger partial charge in [0.25, 0.3) is 0 Å². The molecule has 1 aliphatic rings. The van der Waals surface area contributed by atoms with Crippen LogP contribution in [0.15, 0.2) is 30.3 Å². The summed E-state index contributed by atoms with van der Waals surface area (Å²) >= 11 is 0. The van der Waals surface area contributed by atoms with Crippen molar-refractivity contribution >= 4 is 12.0 Å². The Bertz CT molecular complexity index is 460. The number of hydrogen-bond donors (Lipinski definition) is 1. The molecular formula is C17H23NO2. The number of para-hydroxylation sites is 1. The predicted molar refractivity (Wildman–Crippen MR) is 81.7 cm³/mol. The third-order valence-electron chi connectivity index (χ3n) is 3.75. The van der Waals surface area contributed by atoms with Crippen molar-refractivity contribution in [3.63, 3.8) is 0 Å². The van der Waals surface area contributed by atoms with Gasteiger partial charge in [-0.1, -0.05) is 43.9 Å². The smallest absolute Gasteiger partial charge is 0.244 e. The number of rotatable bonds is 4. The van der Waals surface area contributed by atoms with E-state index in [2.05, 4.69) is 5.32 Å². The van der Waals surface area contributed by atoms with Crippen LogP contribution in [0.3, 0.4) is 0 Å². The first-order valence-corrected chi connectivity index (χ1v) is 7.41. The standard InChI is InChI=1S/C17H23NO2/c1-20-16-11-7-6-8-14(16)12-13-17(19)18-15-9-4-2-3-5-10-15/h6-8,11-13,15H,2-5,9-10H2,1H3,(H,18,19)/b13-12+. The Morgan fingerprint density at radius 1 is 1.20 bits per heavy atom. The molecule has 1 aromatic carbocycles. The van der Waals surface area contributed by atoms with Gasteiger partial charge in [0.15, 0.2) is 0 Å². The van der Waals surface area contributed by atoms with E-state index in [4.69, 9.17) is 4.74 Å². The number of methoxy groups -OCH3 is 1. The molecule has 1 amide bonds. The molecule has 1 fully saturated rings. The van der Waals surface area contributed by atoms with Gasteiger partial charge in [-0.3, -0.25) is 4.79 Å². The van der Waals surface area contributed by atoms with Gasteiger partial charge >= 0.3 is 0 Å². The maximum atomic E-state index is 12.0. The SMILES string of the molecule is COc1ccccc1/C=C/C(=O)NC1CCCCCC1. The zero-order chi connectivity index (χ0) is 14.2. The molecule has 1 aliphatic carbocycles. The lowest BCUT2D eigenvalue weighted by atomic mass is 10.1. The number of carbonyl (C=O) groups excluding carboxylic acids is 1. The Labute approximate surface area is 121 Å². The molecule has 1 aromatic rings. The monoisotopic (exact) mass is 273 g/mol. The lowest BCUT2D eigenvalue weighted by Gasteiger charge is -2.14. The van der Waals surface area contributed by atoms with Gasteiger partial charge < -0.3 is 10.1 Å². The lowest BCUT2D eigenvalue weighted by molar-refractivity contribution is -0.117. The Morgan fingerprint density at radius 2 is 1.90 bits per heavy atom. The third-order valence-corrected chi connectivity index (χ3v) is 3.75. The highest BCUT2D eigenvalue weighted by Gasteiger charge is 2.13. The van der Waals surface area contributed by atoms with E-state index in [1.54, 1.807) is 13.2 Å². The van der Waals surface area contributed by atoms with Crippen LogP contribution in [0, 0.1) is 0 Å². The number of nitrogens with one attached hydrogen (secondary N) is 1. The van der Waals surface area contributed by atoms with Gasteiger partial charge in [0.1, 0.15) is 5.75 Å². The van der Waals surface area contributed by atoms with Crippen LogP contribution in [0.2, 0.25) is 0 Å². The normalized spacial score (nSPS) is 16.9. The molecule has 0 unspecified atom stereocenters. The van der Waals surface area contributed by atoms with Crippen molar-refractivity contribution in [3.8, 4) is 5.75 Å². The molecule has 0 bridgehead atoms. The summed E-state index contributed by atoms with van der Waals surface area (Å²) in [5, 5.41) is 3.10. The molecule has 0 spiro atoms. The number of hydrogen-bond acceptors (Lipinski definition) is 2. The molecule has 108 valence electrons. The molecule has 0 saturated heterocycles. The van der Waals surface area contributed by atoms with E-state index < -0.39 is 0 Å². The summed E-state index contributed by atoms with van der Waals surface area (Å²) in [5.41, 5.74) is 0.922. The molecule has 20 heavy (non-hydrogen) atoms. The summed E-state index contributed by atoms with van der Waals surface area (Å²) in [7, 11) is 1.64. The Balaban J connectivity index is 1.91. The lowest BCUT2D eigenvalue weighted by Crippen LogP contribution is -2.33. The highest BCUT2D eigenvalue weighted by Crippen LogP contribution is 2.19. The van der Waals surface area contributed by atoms with E-state index in [0.29, 0.717) is 6.04 Å². The molecular weight excluding hydrogens is 250 g/mol. The first kappa shape index (κ1) is 14.6. The predicted octanol–water partition coefficient (Wildman–Crippen LogP) is 3.55. The van der Waals surface area contributed by atoms with E-state index in [9.17, 15) is 4.79 Å². The van der Waals surface area contributed by atoms with Gasteiger partial charge in [-0.05, 0) is 25.0 Å². The zero-order valence-corrected chi connectivity index (χ0v) is 12.1. The van der Waals surface area contributed by atoms with Crippen LogP contribution in [-0.2, 0) is 4.79 Å². The van der Waals surface area contributed by atoms with E-state index >= 15 is 0 Å². The first-order chi connectivity index (χ1) is 9.79. The second-order valence-electron chi connectivity index (χ2n) is 5.27. The molecule has 3 heteroatoms. The number of ether oxygens (including phenoxy) is 1. The van der Waals surface area contributed by atoms with Crippen molar-refractivity contribution in [3.05, 3.63) is 35.9 Å². The van der Waals surface area contributed by atoms with Gasteiger partial charge in [-0.15, -0.1) is 0 Å². The molecule has 0 atom stereocenters. The fourth-order valence-corrected chi connectivity index (χ4v) is 2.64. The van der Waals surface area contributed by atoms with Crippen LogP contribution in [-0.4, -0.2) is 19.1 Å². The Kier molecular flexibility index (Phi) is 5.66. The van der Waals surface area contributed by atoms with Crippen LogP contribution < -0.4 is 10.1 Å². The van der Waals surface area contributed by atoms with Crippen molar-refractivity contribution in [2.45, 2.75) is 44.6 Å². The first-order valence-electron chi connectivity index (χ1n) is 7.41. The maximum Gasteiger partial charge on any atom is 0.244 e. The van der Waals surface area contributed by atoms with E-state index in [0.717, 1.165) is 24.2 Å². The number of carbonyl (C=O) groups is 1. The third kappa shape index (κ3) is 4.41. The van der Waals surface area contributed by atoms with E-state index in [-0.39, 0.29) is 5.91 Å². The Morgan fingerprint density at radius 3 is 2.60 bits per heavy atom. The Hall–Kier alpha value is -1.77. The minimum absolute atomic E-state index is 0.0113. The van der Waals surface area contributed by atoms with Crippen molar-refractivity contribution in [2.24, 2.45) is 0 Å². The summed E-state index contributed by atoms with van der Waals surface area (Å²) in [4.78, 5) is 12.0. The van der Waals surface area contributed by atoms with Gasteiger partial charge in [0.05, 0.1) is 7.11 Å².